The van der Waals surface area contributed by atoms with Crippen LogP contribution in [-0.2, 0) is 11.3 Å². The Kier molecular flexibility index (Phi) is 4.24. The summed E-state index contributed by atoms with van der Waals surface area (Å²) < 4.78 is 2.12. The maximum atomic E-state index is 12.4. The highest BCUT2D eigenvalue weighted by atomic mass is 16.2. The van der Waals surface area contributed by atoms with Crippen LogP contribution in [-0.4, -0.2) is 52.8 Å². The molecular weight excluding hydrogens is 314 g/mol. The summed E-state index contributed by atoms with van der Waals surface area (Å²) in [5, 5.41) is 9.11. The van der Waals surface area contributed by atoms with Crippen molar-refractivity contribution in [3.05, 3.63) is 5.82 Å². The number of likely N-dealkylation sites (N-methyl/N-ethyl adjacent to an activating group) is 1. The van der Waals surface area contributed by atoms with Crippen LogP contribution >= 0.6 is 0 Å². The Balaban J connectivity index is 1.62. The standard InChI is InChI=1S/C19H31N5O/c1-14-8-11-23(13-19(14)9-5-10-19)18-21-20-17(15-6-4-7-15)24(18)12-16(25)22(2)3/h14-15H,4-13H2,1-3H3. The van der Waals surface area contributed by atoms with Gasteiger partial charge in [0.05, 0.1) is 0 Å². The Bertz CT molecular complexity index is 644. The molecule has 2 aliphatic carbocycles. The van der Waals surface area contributed by atoms with Gasteiger partial charge >= 0.3 is 0 Å². The van der Waals surface area contributed by atoms with E-state index in [-0.39, 0.29) is 5.91 Å². The Labute approximate surface area is 150 Å². The lowest BCUT2D eigenvalue weighted by molar-refractivity contribution is -0.129. The van der Waals surface area contributed by atoms with Crippen LogP contribution in [0.4, 0.5) is 5.95 Å². The molecule has 1 aromatic rings. The first-order chi connectivity index (χ1) is 12.0. The fourth-order valence-electron chi connectivity index (χ4n) is 4.66. The average molecular weight is 345 g/mol. The molecule has 0 aromatic carbocycles. The van der Waals surface area contributed by atoms with Crippen LogP contribution in [0.25, 0.3) is 0 Å². The molecule has 1 atom stereocenters. The fourth-order valence-corrected chi connectivity index (χ4v) is 4.66. The molecule has 1 aliphatic heterocycles. The number of amides is 1. The molecule has 1 aromatic heterocycles. The van der Waals surface area contributed by atoms with Crippen molar-refractivity contribution >= 4 is 11.9 Å². The lowest BCUT2D eigenvalue weighted by Crippen LogP contribution is -2.52. The molecule has 2 saturated carbocycles. The van der Waals surface area contributed by atoms with Crippen LogP contribution in [0.1, 0.15) is 63.6 Å². The van der Waals surface area contributed by atoms with Gasteiger partial charge in [-0.05, 0) is 43.4 Å². The van der Waals surface area contributed by atoms with Crippen molar-refractivity contribution in [2.24, 2.45) is 11.3 Å². The predicted molar refractivity (Wildman–Crippen MR) is 97.6 cm³/mol. The molecule has 6 nitrogen and oxygen atoms in total. The Morgan fingerprint density at radius 1 is 1.20 bits per heavy atom. The molecule has 25 heavy (non-hydrogen) atoms. The van der Waals surface area contributed by atoms with Crippen LogP contribution in [0.15, 0.2) is 0 Å². The molecule has 2 heterocycles. The zero-order chi connectivity index (χ0) is 17.6. The van der Waals surface area contributed by atoms with Crippen molar-refractivity contribution < 1.29 is 4.79 Å². The SMILES string of the molecule is CC1CCN(c2nnc(C3CCC3)n2CC(=O)N(C)C)CC12CCC2. The number of anilines is 1. The van der Waals surface area contributed by atoms with Gasteiger partial charge in [-0.2, -0.15) is 0 Å². The Morgan fingerprint density at radius 3 is 2.52 bits per heavy atom. The highest BCUT2D eigenvalue weighted by Gasteiger charge is 2.46. The summed E-state index contributed by atoms with van der Waals surface area (Å²) in [6, 6.07) is 0. The van der Waals surface area contributed by atoms with Gasteiger partial charge in [0.25, 0.3) is 0 Å². The number of aromatic nitrogens is 3. The molecule has 0 bridgehead atoms. The number of hydrogen-bond donors (Lipinski definition) is 0. The fraction of sp³-hybridized carbons (Fsp3) is 0.842. The Hall–Kier alpha value is -1.59. The van der Waals surface area contributed by atoms with Gasteiger partial charge in [-0.3, -0.25) is 9.36 Å². The first-order valence-corrected chi connectivity index (χ1v) is 9.88. The minimum absolute atomic E-state index is 0.116. The van der Waals surface area contributed by atoms with E-state index in [1.54, 1.807) is 4.90 Å². The largest absolute Gasteiger partial charge is 0.347 e. The van der Waals surface area contributed by atoms with Gasteiger partial charge in [0.1, 0.15) is 12.4 Å². The summed E-state index contributed by atoms with van der Waals surface area (Å²) >= 11 is 0. The van der Waals surface area contributed by atoms with E-state index in [0.29, 0.717) is 17.9 Å². The van der Waals surface area contributed by atoms with Gasteiger partial charge in [-0.25, -0.2) is 0 Å². The van der Waals surface area contributed by atoms with Crippen molar-refractivity contribution in [2.45, 2.75) is 64.3 Å². The molecular formula is C19H31N5O. The van der Waals surface area contributed by atoms with Gasteiger partial charge in [0, 0.05) is 33.1 Å². The molecule has 3 fully saturated rings. The van der Waals surface area contributed by atoms with Gasteiger partial charge in [0.2, 0.25) is 11.9 Å². The van der Waals surface area contributed by atoms with Gasteiger partial charge < -0.3 is 9.80 Å². The normalized spacial score (nSPS) is 25.6. The number of piperidine rings is 1. The van der Waals surface area contributed by atoms with Crippen LogP contribution in [0.5, 0.6) is 0 Å². The number of nitrogens with zero attached hydrogens (tertiary/aromatic N) is 5. The lowest BCUT2D eigenvalue weighted by atomic mass is 9.59. The summed E-state index contributed by atoms with van der Waals surface area (Å²) in [7, 11) is 3.64. The van der Waals surface area contributed by atoms with E-state index in [4.69, 9.17) is 0 Å². The maximum Gasteiger partial charge on any atom is 0.242 e. The second-order valence-corrected chi connectivity index (χ2v) is 8.69. The zero-order valence-corrected chi connectivity index (χ0v) is 15.9. The average Bonchev–Trinajstić information content (AvgIpc) is 2.88. The summed E-state index contributed by atoms with van der Waals surface area (Å²) in [4.78, 5) is 16.5. The van der Waals surface area contributed by atoms with Crippen molar-refractivity contribution in [3.8, 4) is 0 Å². The smallest absolute Gasteiger partial charge is 0.242 e. The number of rotatable bonds is 4. The highest BCUT2D eigenvalue weighted by Crippen LogP contribution is 2.51. The first kappa shape index (κ1) is 16.9. The van der Waals surface area contributed by atoms with Crippen LogP contribution < -0.4 is 4.90 Å². The van der Waals surface area contributed by atoms with E-state index in [9.17, 15) is 4.79 Å². The number of carbonyl (C=O) groups excluding carboxylic acids is 1. The monoisotopic (exact) mass is 345 g/mol. The summed E-state index contributed by atoms with van der Waals surface area (Å²) in [6.07, 6.45) is 8.86. The molecule has 138 valence electrons. The molecule has 1 unspecified atom stereocenters. The van der Waals surface area contributed by atoms with Gasteiger partial charge in [-0.15, -0.1) is 10.2 Å². The number of hydrogen-bond acceptors (Lipinski definition) is 4. The molecule has 6 heteroatoms. The van der Waals surface area contributed by atoms with Crippen molar-refractivity contribution in [2.75, 3.05) is 32.1 Å². The van der Waals surface area contributed by atoms with Crippen LogP contribution in [0.2, 0.25) is 0 Å². The third-order valence-corrected chi connectivity index (χ3v) is 7.04. The molecule has 1 saturated heterocycles. The van der Waals surface area contributed by atoms with Crippen molar-refractivity contribution in [1.82, 2.24) is 19.7 Å². The second kappa shape index (κ2) is 6.29. The van der Waals surface area contributed by atoms with Crippen LogP contribution in [0, 0.1) is 11.3 Å². The summed E-state index contributed by atoms with van der Waals surface area (Å²) in [5.41, 5.74) is 0.469. The van der Waals surface area contributed by atoms with Crippen LogP contribution in [0.3, 0.4) is 0 Å². The third-order valence-electron chi connectivity index (χ3n) is 7.04. The van der Waals surface area contributed by atoms with Crippen molar-refractivity contribution in [1.29, 1.82) is 0 Å². The van der Waals surface area contributed by atoms with E-state index < -0.39 is 0 Å². The maximum absolute atomic E-state index is 12.4. The molecule has 4 rings (SSSR count). The van der Waals surface area contributed by atoms with Crippen molar-refractivity contribution in [3.63, 3.8) is 0 Å². The van der Waals surface area contributed by atoms with E-state index in [0.717, 1.165) is 30.8 Å². The van der Waals surface area contributed by atoms with E-state index >= 15 is 0 Å². The summed E-state index contributed by atoms with van der Waals surface area (Å²) in [6.45, 7) is 4.88. The Morgan fingerprint density at radius 2 is 1.96 bits per heavy atom. The van der Waals surface area contributed by atoms with E-state index in [2.05, 4.69) is 26.6 Å². The number of carbonyl (C=O) groups is 1. The zero-order valence-electron chi connectivity index (χ0n) is 15.9. The topological polar surface area (TPSA) is 54.3 Å². The second-order valence-electron chi connectivity index (χ2n) is 8.69. The molecule has 0 radical (unpaired) electrons. The van der Waals surface area contributed by atoms with Gasteiger partial charge in [0.15, 0.2) is 0 Å². The molecule has 1 spiro atoms. The highest BCUT2D eigenvalue weighted by molar-refractivity contribution is 5.75. The van der Waals surface area contributed by atoms with Gasteiger partial charge in [-0.1, -0.05) is 19.8 Å². The molecule has 3 aliphatic rings. The molecule has 0 N–H and O–H groups in total. The van der Waals surface area contributed by atoms with E-state index in [1.165, 1.54) is 44.9 Å². The molecule has 1 amide bonds. The van der Waals surface area contributed by atoms with E-state index in [1.807, 2.05) is 14.1 Å². The minimum atomic E-state index is 0.116. The lowest BCUT2D eigenvalue weighted by Gasteiger charge is -2.53. The predicted octanol–water partition coefficient (Wildman–Crippen LogP) is 2.65. The summed E-state index contributed by atoms with van der Waals surface area (Å²) in [5.74, 6) is 3.35. The third kappa shape index (κ3) is 2.83. The first-order valence-electron chi connectivity index (χ1n) is 9.88. The quantitative estimate of drug-likeness (QED) is 0.842. The minimum Gasteiger partial charge on any atom is -0.347 e.